The second-order valence-corrected chi connectivity index (χ2v) is 7.40. The zero-order valence-corrected chi connectivity index (χ0v) is 17.2. The maximum Gasteiger partial charge on any atom is 0.433 e. The molecule has 2 aromatic heterocycles. The molecule has 4 rings (SSSR count). The van der Waals surface area contributed by atoms with Crippen LogP contribution < -0.4 is 16.0 Å². The molecule has 11 nitrogen and oxygen atoms in total. The molecular formula is C20H18F3N5O6. The summed E-state index contributed by atoms with van der Waals surface area (Å²) in [6.45, 7) is -1.64. The lowest BCUT2D eigenvalue weighted by atomic mass is 9.93. The van der Waals surface area contributed by atoms with Crippen molar-refractivity contribution in [2.75, 3.05) is 35.7 Å². The molecule has 34 heavy (non-hydrogen) atoms. The van der Waals surface area contributed by atoms with Gasteiger partial charge in [0.15, 0.2) is 17.5 Å². The van der Waals surface area contributed by atoms with Gasteiger partial charge in [0.05, 0.1) is 25.1 Å². The highest BCUT2D eigenvalue weighted by atomic mass is 19.4. The van der Waals surface area contributed by atoms with Crippen LogP contribution in [0.3, 0.4) is 0 Å². The topological polar surface area (TPSA) is 164 Å². The van der Waals surface area contributed by atoms with Crippen molar-refractivity contribution in [2.45, 2.75) is 17.9 Å². The van der Waals surface area contributed by atoms with Crippen molar-refractivity contribution in [2.24, 2.45) is 0 Å². The van der Waals surface area contributed by atoms with Gasteiger partial charge in [0.2, 0.25) is 5.60 Å². The normalized spacial score (nSPS) is 19.9. The van der Waals surface area contributed by atoms with Crippen LogP contribution in [-0.2, 0) is 20.5 Å². The Morgan fingerprint density at radius 1 is 1.32 bits per heavy atom. The molecule has 1 saturated heterocycles. The third kappa shape index (κ3) is 4.02. The fourth-order valence-corrected chi connectivity index (χ4v) is 3.51. The Morgan fingerprint density at radius 2 is 2.09 bits per heavy atom. The van der Waals surface area contributed by atoms with Gasteiger partial charge in [0, 0.05) is 11.8 Å². The summed E-state index contributed by atoms with van der Waals surface area (Å²) >= 11 is 0. The second kappa shape index (κ2) is 8.55. The number of nitrogens with two attached hydrogens (primary N) is 1. The van der Waals surface area contributed by atoms with Crippen LogP contribution >= 0.6 is 0 Å². The maximum absolute atomic E-state index is 13.2. The minimum Gasteiger partial charge on any atom is -0.393 e. The number of nitrogen functional groups attached to an aromatic ring is 1. The van der Waals surface area contributed by atoms with Crippen LogP contribution in [0.15, 0.2) is 40.9 Å². The van der Waals surface area contributed by atoms with Crippen molar-refractivity contribution in [3.63, 3.8) is 0 Å². The van der Waals surface area contributed by atoms with Crippen LogP contribution in [0.4, 0.5) is 30.5 Å². The van der Waals surface area contributed by atoms with Crippen molar-refractivity contribution in [1.29, 1.82) is 0 Å². The summed E-state index contributed by atoms with van der Waals surface area (Å²) in [4.78, 5) is 30.2. The van der Waals surface area contributed by atoms with Gasteiger partial charge in [-0.1, -0.05) is 11.2 Å². The number of aliphatic hydroxyl groups excluding tert-OH is 2. The number of alkyl halides is 3. The number of hydrogen-bond donors (Lipinski definition) is 4. The average Bonchev–Trinajstić information content (AvgIpc) is 3.18. The van der Waals surface area contributed by atoms with E-state index in [1.54, 1.807) is 0 Å². The number of ether oxygens (including phenoxy) is 1. The lowest BCUT2D eigenvalue weighted by Gasteiger charge is -2.41. The van der Waals surface area contributed by atoms with Crippen molar-refractivity contribution in [3.05, 3.63) is 42.1 Å². The second-order valence-electron chi connectivity index (χ2n) is 7.40. The number of nitrogens with zero attached hydrogens (tertiary/aromatic N) is 3. The first kappa shape index (κ1) is 23.4. The molecule has 180 valence electrons. The van der Waals surface area contributed by atoms with Gasteiger partial charge in [-0.2, -0.15) is 13.2 Å². The van der Waals surface area contributed by atoms with E-state index in [2.05, 4.69) is 15.5 Å². The number of pyridine rings is 1. The molecule has 14 heteroatoms. The molecule has 1 fully saturated rings. The minimum absolute atomic E-state index is 0.136. The lowest BCUT2D eigenvalue weighted by Crippen LogP contribution is -2.67. The number of carbonyl (C=O) groups excluding carboxylic acids is 2. The van der Waals surface area contributed by atoms with Crippen molar-refractivity contribution in [3.8, 4) is 0 Å². The Bertz CT molecular complexity index is 1250. The molecule has 3 aromatic rings. The fraction of sp³-hybridized carbons (Fsp3) is 0.300. The zero-order valence-electron chi connectivity index (χ0n) is 17.2. The van der Waals surface area contributed by atoms with Crippen molar-refractivity contribution in [1.82, 2.24) is 10.1 Å². The van der Waals surface area contributed by atoms with E-state index in [1.165, 1.54) is 18.2 Å². The molecule has 1 aliphatic rings. The molecule has 2 atom stereocenters. The number of fused-ring (bicyclic) bond motifs is 1. The minimum atomic E-state index is -4.76. The Hall–Kier alpha value is -3.75. The van der Waals surface area contributed by atoms with Gasteiger partial charge in [0.1, 0.15) is 11.5 Å². The van der Waals surface area contributed by atoms with E-state index in [0.717, 1.165) is 23.1 Å². The number of nitrogens with one attached hydrogen (secondary N) is 1. The van der Waals surface area contributed by atoms with Crippen molar-refractivity contribution >= 4 is 40.1 Å². The van der Waals surface area contributed by atoms with Crippen LogP contribution in [0.1, 0.15) is 5.69 Å². The van der Waals surface area contributed by atoms with E-state index in [-0.39, 0.29) is 36.1 Å². The number of morpholine rings is 1. The molecule has 0 radical (unpaired) electrons. The molecule has 0 spiro atoms. The summed E-state index contributed by atoms with van der Waals surface area (Å²) in [5.41, 5.74) is 2.32. The quantitative estimate of drug-likeness (QED) is 0.415. The molecule has 3 heterocycles. The number of benzene rings is 1. The molecular weight excluding hydrogens is 463 g/mol. The predicted molar refractivity (Wildman–Crippen MR) is 110 cm³/mol. The Kier molecular flexibility index (Phi) is 5.89. The molecule has 2 amide bonds. The van der Waals surface area contributed by atoms with Crippen LogP contribution in [-0.4, -0.2) is 63.6 Å². The average molecular weight is 481 g/mol. The van der Waals surface area contributed by atoms with E-state index < -0.39 is 42.0 Å². The Morgan fingerprint density at radius 3 is 2.79 bits per heavy atom. The smallest absolute Gasteiger partial charge is 0.393 e. The maximum atomic E-state index is 13.2. The van der Waals surface area contributed by atoms with E-state index in [9.17, 15) is 33.0 Å². The van der Waals surface area contributed by atoms with E-state index in [1.807, 2.05) is 0 Å². The largest absolute Gasteiger partial charge is 0.433 e. The number of carbonyl (C=O) groups is 2. The molecule has 0 aliphatic carbocycles. The van der Waals surface area contributed by atoms with Crippen LogP contribution in [0.2, 0.25) is 0 Å². The first-order valence-corrected chi connectivity index (χ1v) is 9.82. The number of aliphatic hydroxyl groups is 2. The van der Waals surface area contributed by atoms with Gasteiger partial charge < -0.3 is 30.5 Å². The number of rotatable bonds is 5. The molecule has 0 saturated carbocycles. The summed E-state index contributed by atoms with van der Waals surface area (Å²) < 4.78 is 49.5. The van der Waals surface area contributed by atoms with Gasteiger partial charge in [-0.3, -0.25) is 14.5 Å². The third-order valence-corrected chi connectivity index (χ3v) is 5.28. The number of halogens is 3. The van der Waals surface area contributed by atoms with Gasteiger partial charge >= 0.3 is 6.18 Å². The zero-order chi connectivity index (χ0) is 24.7. The predicted octanol–water partition coefficient (Wildman–Crippen LogP) is 0.918. The first-order chi connectivity index (χ1) is 16.1. The highest BCUT2D eigenvalue weighted by Gasteiger charge is 2.54. The van der Waals surface area contributed by atoms with Crippen LogP contribution in [0.25, 0.3) is 11.0 Å². The van der Waals surface area contributed by atoms with Gasteiger partial charge in [-0.05, 0) is 24.3 Å². The van der Waals surface area contributed by atoms with Gasteiger partial charge in [-0.15, -0.1) is 0 Å². The van der Waals surface area contributed by atoms with E-state index >= 15 is 0 Å². The molecule has 1 aromatic carbocycles. The lowest BCUT2D eigenvalue weighted by molar-refractivity contribution is -0.182. The summed E-state index contributed by atoms with van der Waals surface area (Å²) in [5.74, 6) is -2.49. The number of amides is 2. The summed E-state index contributed by atoms with van der Waals surface area (Å²) in [6, 6.07) is 7.27. The molecule has 0 bridgehead atoms. The van der Waals surface area contributed by atoms with Crippen LogP contribution in [0.5, 0.6) is 0 Å². The fourth-order valence-electron chi connectivity index (χ4n) is 3.51. The summed E-state index contributed by atoms with van der Waals surface area (Å²) in [5, 5.41) is 27.1. The molecule has 1 aliphatic heterocycles. The van der Waals surface area contributed by atoms with E-state index in [0.29, 0.717) is 5.39 Å². The Balaban J connectivity index is 1.59. The monoisotopic (exact) mass is 481 g/mol. The standard InChI is InChI=1S/C20H18F3N5O6/c21-20(22,23)13-2-1-3-14(26-13)28-6-7-33-19(9-29,18(28)32)15(30)17(31)25-10-4-5-11-12(8-10)34-27-16(11)24/h1-5,8,15,29-30H,6-7,9H2,(H2,24,27)(H,25,31)/t15-,19+/m0/s1. The van der Waals surface area contributed by atoms with Gasteiger partial charge in [0.25, 0.3) is 11.8 Å². The highest BCUT2D eigenvalue weighted by molar-refractivity contribution is 6.06. The van der Waals surface area contributed by atoms with E-state index in [4.69, 9.17) is 15.0 Å². The summed E-state index contributed by atoms with van der Waals surface area (Å²) in [7, 11) is 0. The first-order valence-electron chi connectivity index (χ1n) is 9.82. The summed E-state index contributed by atoms with van der Waals surface area (Å²) in [6.07, 6.45) is -6.98. The highest BCUT2D eigenvalue weighted by Crippen LogP contribution is 2.32. The van der Waals surface area contributed by atoms with Gasteiger partial charge in [-0.25, -0.2) is 4.98 Å². The molecule has 0 unspecified atom stereocenters. The number of hydrogen-bond acceptors (Lipinski definition) is 9. The number of aromatic nitrogens is 2. The van der Waals surface area contributed by atoms with Crippen molar-refractivity contribution < 1.29 is 42.2 Å². The SMILES string of the molecule is Nc1noc2cc(NC(=O)[C@H](O)[C@@]3(CO)OCCN(c4cccc(C(F)(F)F)n4)C3=O)ccc12. The molecule has 5 N–H and O–H groups in total. The van der Waals surface area contributed by atoms with Crippen LogP contribution in [0, 0.1) is 0 Å². The Labute approximate surface area is 188 Å². The number of anilines is 3. The third-order valence-electron chi connectivity index (χ3n) is 5.28.